The van der Waals surface area contributed by atoms with Crippen molar-refractivity contribution in [1.29, 1.82) is 0 Å². The van der Waals surface area contributed by atoms with E-state index < -0.39 is 6.09 Å². The SMILES string of the molecule is C[C@@H](CCl)OC(=O)NC(C)(C)C. The first-order chi connectivity index (χ1) is 5.35. The number of amides is 1. The summed E-state index contributed by atoms with van der Waals surface area (Å²) < 4.78 is 4.89. The van der Waals surface area contributed by atoms with Crippen molar-refractivity contribution in [1.82, 2.24) is 5.32 Å². The van der Waals surface area contributed by atoms with Crippen LogP contribution in [0.1, 0.15) is 27.7 Å². The molecule has 0 aromatic rings. The number of carbonyl (C=O) groups is 1. The topological polar surface area (TPSA) is 38.3 Å². The van der Waals surface area contributed by atoms with Gasteiger partial charge in [-0.1, -0.05) is 0 Å². The quantitative estimate of drug-likeness (QED) is 0.683. The molecule has 0 aliphatic heterocycles. The molecule has 0 aromatic carbocycles. The first-order valence-electron chi connectivity index (χ1n) is 3.90. The molecule has 0 bridgehead atoms. The van der Waals surface area contributed by atoms with Crippen LogP contribution in [-0.4, -0.2) is 23.6 Å². The van der Waals surface area contributed by atoms with Crippen molar-refractivity contribution in [2.45, 2.75) is 39.3 Å². The van der Waals surface area contributed by atoms with E-state index in [1.807, 2.05) is 20.8 Å². The average Bonchev–Trinajstić information content (AvgIpc) is 1.82. The third-order valence-electron chi connectivity index (χ3n) is 1.00. The molecule has 72 valence electrons. The molecule has 0 aliphatic carbocycles. The van der Waals surface area contributed by atoms with Crippen molar-refractivity contribution in [3.8, 4) is 0 Å². The maximum Gasteiger partial charge on any atom is 0.407 e. The monoisotopic (exact) mass is 193 g/mol. The molecule has 3 nitrogen and oxygen atoms in total. The molecule has 0 saturated heterocycles. The number of halogens is 1. The fourth-order valence-electron chi connectivity index (χ4n) is 0.550. The lowest BCUT2D eigenvalue weighted by Crippen LogP contribution is -2.42. The normalized spacial score (nSPS) is 13.8. The Hall–Kier alpha value is -0.440. The summed E-state index contributed by atoms with van der Waals surface area (Å²) in [6.45, 7) is 7.41. The van der Waals surface area contributed by atoms with Crippen LogP contribution in [-0.2, 0) is 4.74 Å². The van der Waals surface area contributed by atoms with Gasteiger partial charge in [0.15, 0.2) is 0 Å². The maximum absolute atomic E-state index is 11.0. The van der Waals surface area contributed by atoms with E-state index in [-0.39, 0.29) is 11.6 Å². The first kappa shape index (κ1) is 11.6. The lowest BCUT2D eigenvalue weighted by atomic mass is 10.1. The molecule has 1 amide bonds. The highest BCUT2D eigenvalue weighted by molar-refractivity contribution is 6.18. The van der Waals surface area contributed by atoms with Gasteiger partial charge >= 0.3 is 6.09 Å². The van der Waals surface area contributed by atoms with E-state index in [1.54, 1.807) is 6.92 Å². The Morgan fingerprint density at radius 1 is 1.58 bits per heavy atom. The minimum atomic E-state index is -0.421. The van der Waals surface area contributed by atoms with Crippen LogP contribution in [0.5, 0.6) is 0 Å². The zero-order valence-electron chi connectivity index (χ0n) is 7.98. The summed E-state index contributed by atoms with van der Waals surface area (Å²) in [4.78, 5) is 11.0. The van der Waals surface area contributed by atoms with Gasteiger partial charge in [-0.2, -0.15) is 0 Å². The number of alkyl halides is 1. The van der Waals surface area contributed by atoms with Crippen molar-refractivity contribution in [3.63, 3.8) is 0 Å². The summed E-state index contributed by atoms with van der Waals surface area (Å²) in [5.74, 6) is 0.317. The Labute approximate surface area is 78.4 Å². The van der Waals surface area contributed by atoms with Crippen molar-refractivity contribution in [2.75, 3.05) is 5.88 Å². The highest BCUT2D eigenvalue weighted by Gasteiger charge is 2.16. The van der Waals surface area contributed by atoms with Gasteiger partial charge in [0.2, 0.25) is 0 Å². The number of nitrogens with one attached hydrogen (secondary N) is 1. The van der Waals surface area contributed by atoms with Gasteiger partial charge < -0.3 is 10.1 Å². The van der Waals surface area contributed by atoms with Gasteiger partial charge in [0.25, 0.3) is 0 Å². The molecule has 0 aliphatic rings. The van der Waals surface area contributed by atoms with E-state index in [0.29, 0.717) is 5.88 Å². The number of hydrogen-bond donors (Lipinski definition) is 1. The molecular weight excluding hydrogens is 178 g/mol. The van der Waals surface area contributed by atoms with Crippen LogP contribution >= 0.6 is 11.6 Å². The molecule has 1 atom stereocenters. The van der Waals surface area contributed by atoms with Gasteiger partial charge in [-0.05, 0) is 27.7 Å². The molecule has 0 unspecified atom stereocenters. The van der Waals surface area contributed by atoms with Gasteiger partial charge in [-0.25, -0.2) is 4.79 Å². The van der Waals surface area contributed by atoms with Crippen LogP contribution < -0.4 is 5.32 Å². The Balaban J connectivity index is 3.75. The summed E-state index contributed by atoms with van der Waals surface area (Å²) in [7, 11) is 0. The molecule has 0 fully saturated rings. The zero-order chi connectivity index (χ0) is 9.78. The minimum absolute atomic E-state index is 0.242. The Morgan fingerprint density at radius 3 is 2.42 bits per heavy atom. The molecule has 12 heavy (non-hydrogen) atoms. The van der Waals surface area contributed by atoms with Crippen LogP contribution in [0, 0.1) is 0 Å². The van der Waals surface area contributed by atoms with Crippen molar-refractivity contribution >= 4 is 17.7 Å². The number of alkyl carbamates (subject to hydrolysis) is 1. The van der Waals surface area contributed by atoms with Gasteiger partial charge in [0.1, 0.15) is 6.10 Å². The number of carbonyl (C=O) groups excluding carboxylic acids is 1. The summed E-state index contributed by atoms with van der Waals surface area (Å²) in [5, 5.41) is 2.66. The number of ether oxygens (including phenoxy) is 1. The number of rotatable bonds is 2. The average molecular weight is 194 g/mol. The van der Waals surface area contributed by atoms with E-state index in [2.05, 4.69) is 5.32 Å². The van der Waals surface area contributed by atoms with Crippen LogP contribution in [0.2, 0.25) is 0 Å². The fraction of sp³-hybridized carbons (Fsp3) is 0.875. The standard InChI is InChI=1S/C8H16ClNO2/c1-6(5-9)12-7(11)10-8(2,3)4/h6H,5H2,1-4H3,(H,10,11)/t6-/m0/s1. The molecule has 1 N–H and O–H groups in total. The predicted molar refractivity (Wildman–Crippen MR) is 49.6 cm³/mol. The van der Waals surface area contributed by atoms with Gasteiger partial charge in [0, 0.05) is 5.54 Å². The largest absolute Gasteiger partial charge is 0.445 e. The Bertz CT molecular complexity index is 154. The van der Waals surface area contributed by atoms with Gasteiger partial charge in [-0.15, -0.1) is 11.6 Å². The predicted octanol–water partition coefficient (Wildman–Crippen LogP) is 2.14. The van der Waals surface area contributed by atoms with Gasteiger partial charge in [0.05, 0.1) is 5.88 Å². The maximum atomic E-state index is 11.0. The minimum Gasteiger partial charge on any atom is -0.445 e. The molecule has 0 heterocycles. The molecule has 4 heteroatoms. The van der Waals surface area contributed by atoms with Crippen LogP contribution in [0.15, 0.2) is 0 Å². The second-order valence-electron chi connectivity index (χ2n) is 3.75. The van der Waals surface area contributed by atoms with Crippen molar-refractivity contribution in [3.05, 3.63) is 0 Å². The fourth-order valence-corrected chi connectivity index (χ4v) is 0.613. The van der Waals surface area contributed by atoms with Crippen LogP contribution in [0.25, 0.3) is 0 Å². The number of hydrogen-bond acceptors (Lipinski definition) is 2. The molecular formula is C8H16ClNO2. The second-order valence-corrected chi connectivity index (χ2v) is 4.05. The summed E-state index contributed by atoms with van der Waals surface area (Å²) in [6, 6.07) is 0. The smallest absolute Gasteiger partial charge is 0.407 e. The van der Waals surface area contributed by atoms with E-state index in [4.69, 9.17) is 16.3 Å². The summed E-state index contributed by atoms with van der Waals surface area (Å²) in [5.41, 5.74) is -0.261. The third-order valence-corrected chi connectivity index (χ3v) is 1.44. The van der Waals surface area contributed by atoms with E-state index >= 15 is 0 Å². The van der Waals surface area contributed by atoms with E-state index in [1.165, 1.54) is 0 Å². The Kier molecular flexibility index (Phi) is 4.39. The van der Waals surface area contributed by atoms with Crippen molar-refractivity contribution in [2.24, 2.45) is 0 Å². The summed E-state index contributed by atoms with van der Waals surface area (Å²) >= 11 is 5.46. The first-order valence-corrected chi connectivity index (χ1v) is 4.43. The zero-order valence-corrected chi connectivity index (χ0v) is 8.73. The van der Waals surface area contributed by atoms with Gasteiger partial charge in [-0.3, -0.25) is 0 Å². The molecule has 0 radical (unpaired) electrons. The van der Waals surface area contributed by atoms with Crippen LogP contribution in [0.4, 0.5) is 4.79 Å². The molecule has 0 aromatic heterocycles. The molecule has 0 spiro atoms. The summed E-state index contributed by atoms with van der Waals surface area (Å²) in [6.07, 6.45) is -0.662. The van der Waals surface area contributed by atoms with E-state index in [0.717, 1.165) is 0 Å². The van der Waals surface area contributed by atoms with E-state index in [9.17, 15) is 4.79 Å². The lowest BCUT2D eigenvalue weighted by molar-refractivity contribution is 0.110. The highest BCUT2D eigenvalue weighted by Crippen LogP contribution is 2.01. The third kappa shape index (κ3) is 6.28. The lowest BCUT2D eigenvalue weighted by Gasteiger charge is -2.21. The Morgan fingerprint density at radius 2 is 2.08 bits per heavy atom. The molecule has 0 rings (SSSR count). The highest BCUT2D eigenvalue weighted by atomic mass is 35.5. The second kappa shape index (κ2) is 4.55. The van der Waals surface area contributed by atoms with Crippen molar-refractivity contribution < 1.29 is 9.53 Å². The van der Waals surface area contributed by atoms with Crippen LogP contribution in [0.3, 0.4) is 0 Å². The molecule has 0 saturated carbocycles.